The zero-order valence-corrected chi connectivity index (χ0v) is 13.9. The SMILES string of the molecule is CC(C)C1OCCC1CNC(=O)CC(C)C1CCNCC1. The van der Waals surface area contributed by atoms with Crippen molar-refractivity contribution in [3.8, 4) is 0 Å². The second kappa shape index (κ2) is 8.14. The number of hydrogen-bond donors (Lipinski definition) is 2. The number of ether oxygens (including phenoxy) is 1. The van der Waals surface area contributed by atoms with Gasteiger partial charge in [-0.05, 0) is 50.1 Å². The molecule has 4 heteroatoms. The highest BCUT2D eigenvalue weighted by molar-refractivity contribution is 5.76. The van der Waals surface area contributed by atoms with Crippen molar-refractivity contribution < 1.29 is 9.53 Å². The van der Waals surface area contributed by atoms with Crippen LogP contribution >= 0.6 is 0 Å². The summed E-state index contributed by atoms with van der Waals surface area (Å²) in [7, 11) is 0. The van der Waals surface area contributed by atoms with E-state index in [0.29, 0.717) is 36.2 Å². The molecular weight excluding hydrogens is 264 g/mol. The molecule has 2 heterocycles. The Balaban J connectivity index is 1.69. The van der Waals surface area contributed by atoms with Crippen LogP contribution in [0.3, 0.4) is 0 Å². The van der Waals surface area contributed by atoms with E-state index in [1.807, 2.05) is 0 Å². The number of nitrogens with one attached hydrogen (secondary N) is 2. The maximum Gasteiger partial charge on any atom is 0.220 e. The molecule has 4 nitrogen and oxygen atoms in total. The fourth-order valence-electron chi connectivity index (χ4n) is 3.80. The van der Waals surface area contributed by atoms with E-state index in [-0.39, 0.29) is 5.91 Å². The molecule has 3 atom stereocenters. The van der Waals surface area contributed by atoms with Crippen molar-refractivity contribution in [2.75, 3.05) is 26.2 Å². The zero-order valence-electron chi connectivity index (χ0n) is 13.9. The molecule has 0 aromatic rings. The Labute approximate surface area is 129 Å². The average Bonchev–Trinajstić information content (AvgIpc) is 2.94. The standard InChI is InChI=1S/C17H32N2O2/c1-12(2)17-15(6-9-21-17)11-19-16(20)10-13(3)14-4-7-18-8-5-14/h12-15,17-18H,4-11H2,1-3H3,(H,19,20). The van der Waals surface area contributed by atoms with Gasteiger partial charge in [0, 0.05) is 25.5 Å². The molecule has 122 valence electrons. The molecular formula is C17H32N2O2. The van der Waals surface area contributed by atoms with Crippen LogP contribution in [0.5, 0.6) is 0 Å². The predicted octanol–water partition coefficient (Wildman–Crippen LogP) is 2.19. The molecule has 2 aliphatic heterocycles. The van der Waals surface area contributed by atoms with E-state index in [4.69, 9.17) is 4.74 Å². The summed E-state index contributed by atoms with van der Waals surface area (Å²) in [5.41, 5.74) is 0. The van der Waals surface area contributed by atoms with Crippen molar-refractivity contribution in [3.63, 3.8) is 0 Å². The summed E-state index contributed by atoms with van der Waals surface area (Å²) in [5.74, 6) is 2.43. The molecule has 0 spiro atoms. The van der Waals surface area contributed by atoms with Gasteiger partial charge >= 0.3 is 0 Å². The van der Waals surface area contributed by atoms with Crippen LogP contribution in [0.1, 0.15) is 46.5 Å². The van der Waals surface area contributed by atoms with Gasteiger partial charge in [-0.15, -0.1) is 0 Å². The van der Waals surface area contributed by atoms with Gasteiger partial charge < -0.3 is 15.4 Å². The summed E-state index contributed by atoms with van der Waals surface area (Å²) in [6, 6.07) is 0. The third kappa shape index (κ3) is 4.96. The van der Waals surface area contributed by atoms with Crippen LogP contribution < -0.4 is 10.6 Å². The van der Waals surface area contributed by atoms with E-state index in [1.54, 1.807) is 0 Å². The molecule has 2 saturated heterocycles. The summed E-state index contributed by atoms with van der Waals surface area (Å²) < 4.78 is 5.78. The lowest BCUT2D eigenvalue weighted by molar-refractivity contribution is -0.122. The highest BCUT2D eigenvalue weighted by atomic mass is 16.5. The maximum atomic E-state index is 12.2. The fourth-order valence-corrected chi connectivity index (χ4v) is 3.80. The van der Waals surface area contributed by atoms with Gasteiger partial charge in [0.05, 0.1) is 6.10 Å². The van der Waals surface area contributed by atoms with E-state index in [1.165, 1.54) is 12.8 Å². The minimum atomic E-state index is 0.218. The first-order valence-corrected chi connectivity index (χ1v) is 8.67. The Kier molecular flexibility index (Phi) is 6.49. The monoisotopic (exact) mass is 296 g/mol. The molecule has 0 aliphatic carbocycles. The molecule has 21 heavy (non-hydrogen) atoms. The van der Waals surface area contributed by atoms with Gasteiger partial charge in [-0.1, -0.05) is 20.8 Å². The van der Waals surface area contributed by atoms with Gasteiger partial charge in [-0.25, -0.2) is 0 Å². The lowest BCUT2D eigenvalue weighted by Gasteiger charge is -2.28. The van der Waals surface area contributed by atoms with E-state index < -0.39 is 0 Å². The van der Waals surface area contributed by atoms with Gasteiger partial charge in [-0.3, -0.25) is 4.79 Å². The van der Waals surface area contributed by atoms with E-state index in [9.17, 15) is 4.79 Å². The predicted molar refractivity (Wildman–Crippen MR) is 85.1 cm³/mol. The Hall–Kier alpha value is -0.610. The number of hydrogen-bond acceptors (Lipinski definition) is 3. The molecule has 2 fully saturated rings. The van der Waals surface area contributed by atoms with Crippen molar-refractivity contribution >= 4 is 5.91 Å². The first-order chi connectivity index (χ1) is 10.1. The topological polar surface area (TPSA) is 50.4 Å². The molecule has 2 N–H and O–H groups in total. The third-order valence-corrected chi connectivity index (χ3v) is 5.18. The molecule has 0 bridgehead atoms. The van der Waals surface area contributed by atoms with E-state index >= 15 is 0 Å². The summed E-state index contributed by atoms with van der Waals surface area (Å²) in [6.45, 7) is 10.5. The van der Waals surface area contributed by atoms with Crippen molar-refractivity contribution in [2.24, 2.45) is 23.7 Å². The van der Waals surface area contributed by atoms with Gasteiger partial charge in [0.15, 0.2) is 0 Å². The smallest absolute Gasteiger partial charge is 0.220 e. The maximum absolute atomic E-state index is 12.2. The van der Waals surface area contributed by atoms with Gasteiger partial charge in [0.2, 0.25) is 5.91 Å². The lowest BCUT2D eigenvalue weighted by atomic mass is 9.84. The molecule has 0 saturated carbocycles. The second-order valence-electron chi connectivity index (χ2n) is 7.20. The van der Waals surface area contributed by atoms with Crippen molar-refractivity contribution in [1.29, 1.82) is 0 Å². The van der Waals surface area contributed by atoms with Crippen LogP contribution in [0.25, 0.3) is 0 Å². The van der Waals surface area contributed by atoms with Crippen LogP contribution in [-0.2, 0) is 9.53 Å². The largest absolute Gasteiger partial charge is 0.378 e. The highest BCUT2D eigenvalue weighted by Crippen LogP contribution is 2.27. The summed E-state index contributed by atoms with van der Waals surface area (Å²) in [6.07, 6.45) is 4.48. The molecule has 3 unspecified atom stereocenters. The minimum absolute atomic E-state index is 0.218. The normalized spacial score (nSPS) is 28.8. The summed E-state index contributed by atoms with van der Waals surface area (Å²) in [5, 5.41) is 6.53. The van der Waals surface area contributed by atoms with Crippen LogP contribution in [0.4, 0.5) is 0 Å². The molecule has 0 radical (unpaired) electrons. The third-order valence-electron chi connectivity index (χ3n) is 5.18. The second-order valence-corrected chi connectivity index (χ2v) is 7.20. The van der Waals surface area contributed by atoms with Crippen LogP contribution in [-0.4, -0.2) is 38.3 Å². The molecule has 2 aliphatic rings. The number of carbonyl (C=O) groups is 1. The van der Waals surface area contributed by atoms with E-state index in [0.717, 1.165) is 32.7 Å². The van der Waals surface area contributed by atoms with Crippen LogP contribution in [0, 0.1) is 23.7 Å². The fraction of sp³-hybridized carbons (Fsp3) is 0.941. The van der Waals surface area contributed by atoms with Crippen LogP contribution in [0.15, 0.2) is 0 Å². The molecule has 1 amide bonds. The Bertz CT molecular complexity index is 327. The first kappa shape index (κ1) is 16.8. The Morgan fingerprint density at radius 2 is 1.95 bits per heavy atom. The van der Waals surface area contributed by atoms with Crippen molar-refractivity contribution in [1.82, 2.24) is 10.6 Å². The lowest BCUT2D eigenvalue weighted by Crippen LogP contribution is -2.37. The average molecular weight is 296 g/mol. The quantitative estimate of drug-likeness (QED) is 0.790. The number of piperidine rings is 1. The minimum Gasteiger partial charge on any atom is -0.378 e. The molecule has 0 aromatic heterocycles. The first-order valence-electron chi connectivity index (χ1n) is 8.67. The van der Waals surface area contributed by atoms with Gasteiger partial charge in [0.1, 0.15) is 0 Å². The van der Waals surface area contributed by atoms with E-state index in [2.05, 4.69) is 31.4 Å². The van der Waals surface area contributed by atoms with Crippen molar-refractivity contribution in [2.45, 2.75) is 52.6 Å². The van der Waals surface area contributed by atoms with Crippen LogP contribution in [0.2, 0.25) is 0 Å². The Morgan fingerprint density at radius 3 is 2.62 bits per heavy atom. The Morgan fingerprint density at radius 1 is 1.24 bits per heavy atom. The molecule has 0 aromatic carbocycles. The number of rotatable bonds is 6. The molecule has 2 rings (SSSR count). The van der Waals surface area contributed by atoms with Crippen molar-refractivity contribution in [3.05, 3.63) is 0 Å². The van der Waals surface area contributed by atoms with Gasteiger partial charge in [-0.2, -0.15) is 0 Å². The van der Waals surface area contributed by atoms with Gasteiger partial charge in [0.25, 0.3) is 0 Å². The summed E-state index contributed by atoms with van der Waals surface area (Å²) >= 11 is 0. The zero-order chi connectivity index (χ0) is 15.2. The number of amides is 1. The highest BCUT2D eigenvalue weighted by Gasteiger charge is 2.31. The number of carbonyl (C=O) groups excluding carboxylic acids is 1. The summed E-state index contributed by atoms with van der Waals surface area (Å²) in [4.78, 5) is 12.2.